The molecule has 5 heteroatoms. The molecule has 0 bridgehead atoms. The molecule has 0 aliphatic carbocycles. The molecule has 2 heterocycles. The third-order valence-corrected chi connectivity index (χ3v) is 7.84. The quantitative estimate of drug-likeness (QED) is 0.230. The van der Waals surface area contributed by atoms with E-state index >= 15 is 0 Å². The Labute approximate surface area is 249 Å². The maximum atomic E-state index is 5.69. The highest BCUT2D eigenvalue weighted by Crippen LogP contribution is 2.42. The summed E-state index contributed by atoms with van der Waals surface area (Å²) in [5, 5.41) is 5.75. The molecular formula is C38H26N4O. The number of nitrogens with one attached hydrogen (secondary N) is 1. The second-order valence-electron chi connectivity index (χ2n) is 10.5. The molecule has 6 aromatic carbocycles. The van der Waals surface area contributed by atoms with Gasteiger partial charge in [-0.1, -0.05) is 127 Å². The van der Waals surface area contributed by atoms with Crippen LogP contribution in [0.3, 0.4) is 0 Å². The molecule has 0 radical (unpaired) electrons. The SMILES string of the molecule is c1ccc(-c2nc(-c3ccccc3)nc(-c3ccc(-c4ccc5ccccc5c4-c4ccc5c(c4)NCO5)cc3)n2)cc1. The van der Waals surface area contributed by atoms with E-state index in [1.54, 1.807) is 0 Å². The highest BCUT2D eigenvalue weighted by atomic mass is 16.5. The smallest absolute Gasteiger partial charge is 0.164 e. The van der Waals surface area contributed by atoms with Crippen molar-refractivity contribution in [2.75, 3.05) is 12.0 Å². The Morgan fingerprint density at radius 2 is 1.05 bits per heavy atom. The second-order valence-corrected chi connectivity index (χ2v) is 10.5. The van der Waals surface area contributed by atoms with Gasteiger partial charge < -0.3 is 10.1 Å². The number of hydrogen-bond acceptors (Lipinski definition) is 5. The van der Waals surface area contributed by atoms with Crippen molar-refractivity contribution in [3.05, 3.63) is 140 Å². The molecule has 7 aromatic rings. The Bertz CT molecular complexity index is 2030. The standard InChI is InChI=1S/C38H26N4O/c1-3-10-27(11-4-1)36-40-37(28-12-5-2-6-13-28)42-38(41-36)29-17-15-26(16-18-29)32-21-19-25-9-7-8-14-31(25)35(32)30-20-22-34-33(23-30)39-24-43-34/h1-23,39H,24H2. The minimum Gasteiger partial charge on any atom is -0.471 e. The Balaban J connectivity index is 1.24. The summed E-state index contributed by atoms with van der Waals surface area (Å²) in [4.78, 5) is 14.6. The minimum absolute atomic E-state index is 0.498. The van der Waals surface area contributed by atoms with Crippen molar-refractivity contribution in [3.8, 4) is 62.2 Å². The summed E-state index contributed by atoms with van der Waals surface area (Å²) in [5.41, 5.74) is 8.48. The van der Waals surface area contributed by atoms with Gasteiger partial charge in [-0.15, -0.1) is 0 Å². The van der Waals surface area contributed by atoms with Crippen LogP contribution in [0.5, 0.6) is 5.75 Å². The Morgan fingerprint density at radius 1 is 0.488 bits per heavy atom. The zero-order chi connectivity index (χ0) is 28.6. The Kier molecular flexibility index (Phi) is 6.12. The van der Waals surface area contributed by atoms with E-state index in [0.29, 0.717) is 24.2 Å². The fourth-order valence-corrected chi connectivity index (χ4v) is 5.70. The van der Waals surface area contributed by atoms with E-state index in [1.165, 1.54) is 16.3 Å². The number of ether oxygens (including phenoxy) is 1. The summed E-state index contributed by atoms with van der Waals surface area (Å²) in [6.45, 7) is 0.498. The normalized spacial score (nSPS) is 12.0. The average molecular weight is 555 g/mol. The molecule has 0 atom stereocenters. The topological polar surface area (TPSA) is 59.9 Å². The summed E-state index contributed by atoms with van der Waals surface area (Å²) in [7, 11) is 0. The molecule has 1 aromatic heterocycles. The van der Waals surface area contributed by atoms with Gasteiger partial charge in [0.05, 0.1) is 5.69 Å². The van der Waals surface area contributed by atoms with E-state index in [-0.39, 0.29) is 0 Å². The lowest BCUT2D eigenvalue weighted by Gasteiger charge is -2.15. The monoisotopic (exact) mass is 554 g/mol. The molecule has 204 valence electrons. The van der Waals surface area contributed by atoms with Gasteiger partial charge in [-0.3, -0.25) is 0 Å². The van der Waals surface area contributed by atoms with E-state index in [2.05, 4.69) is 84.2 Å². The molecular weight excluding hydrogens is 528 g/mol. The van der Waals surface area contributed by atoms with Crippen molar-refractivity contribution in [2.24, 2.45) is 0 Å². The lowest BCUT2D eigenvalue weighted by Crippen LogP contribution is -2.00. The van der Waals surface area contributed by atoms with Gasteiger partial charge >= 0.3 is 0 Å². The molecule has 1 aliphatic rings. The fraction of sp³-hybridized carbons (Fsp3) is 0.0263. The molecule has 0 saturated carbocycles. The Morgan fingerprint density at radius 3 is 1.72 bits per heavy atom. The van der Waals surface area contributed by atoms with Crippen molar-refractivity contribution in [2.45, 2.75) is 0 Å². The van der Waals surface area contributed by atoms with E-state index < -0.39 is 0 Å². The number of rotatable bonds is 5. The van der Waals surface area contributed by atoms with Crippen LogP contribution in [0.15, 0.2) is 140 Å². The van der Waals surface area contributed by atoms with Gasteiger partial charge in [0.25, 0.3) is 0 Å². The first kappa shape index (κ1) is 24.9. The first-order valence-corrected chi connectivity index (χ1v) is 14.3. The molecule has 5 nitrogen and oxygen atoms in total. The molecule has 0 unspecified atom stereocenters. The van der Waals surface area contributed by atoms with Crippen LogP contribution in [-0.4, -0.2) is 21.7 Å². The zero-order valence-electron chi connectivity index (χ0n) is 23.2. The molecule has 0 fully saturated rings. The number of aromatic nitrogens is 3. The highest BCUT2D eigenvalue weighted by molar-refractivity contribution is 6.04. The molecule has 0 saturated heterocycles. The van der Waals surface area contributed by atoms with Gasteiger partial charge in [-0.25, -0.2) is 15.0 Å². The lowest BCUT2D eigenvalue weighted by molar-refractivity contribution is 0.372. The summed E-state index contributed by atoms with van der Waals surface area (Å²) in [6, 6.07) is 48.0. The third kappa shape index (κ3) is 4.67. The van der Waals surface area contributed by atoms with Gasteiger partial charge in [-0.2, -0.15) is 0 Å². The number of benzene rings is 6. The number of hydrogen-bond donors (Lipinski definition) is 1. The first-order valence-electron chi connectivity index (χ1n) is 14.3. The van der Waals surface area contributed by atoms with Crippen LogP contribution in [-0.2, 0) is 0 Å². The van der Waals surface area contributed by atoms with Crippen molar-refractivity contribution in [1.82, 2.24) is 15.0 Å². The predicted octanol–water partition coefficient (Wildman–Crippen LogP) is 9.12. The van der Waals surface area contributed by atoms with Gasteiger partial charge in [0.2, 0.25) is 0 Å². The summed E-state index contributed by atoms with van der Waals surface area (Å²) in [5.74, 6) is 2.83. The molecule has 0 amide bonds. The average Bonchev–Trinajstić information content (AvgIpc) is 3.57. The zero-order valence-corrected chi connectivity index (χ0v) is 23.2. The fourth-order valence-electron chi connectivity index (χ4n) is 5.70. The lowest BCUT2D eigenvalue weighted by atomic mass is 9.89. The number of nitrogens with zero attached hydrogens (tertiary/aromatic N) is 3. The van der Waals surface area contributed by atoms with Crippen LogP contribution >= 0.6 is 0 Å². The summed E-state index contributed by atoms with van der Waals surface area (Å²) in [6.07, 6.45) is 0. The van der Waals surface area contributed by atoms with Crippen molar-refractivity contribution < 1.29 is 4.74 Å². The number of anilines is 1. The highest BCUT2D eigenvalue weighted by Gasteiger charge is 2.17. The summed E-state index contributed by atoms with van der Waals surface area (Å²) < 4.78 is 5.69. The van der Waals surface area contributed by atoms with Crippen LogP contribution in [0.25, 0.3) is 67.2 Å². The van der Waals surface area contributed by atoms with Crippen LogP contribution in [0.4, 0.5) is 5.69 Å². The minimum atomic E-state index is 0.498. The second kappa shape index (κ2) is 10.5. The predicted molar refractivity (Wildman–Crippen MR) is 174 cm³/mol. The van der Waals surface area contributed by atoms with Gasteiger partial charge in [0.1, 0.15) is 5.75 Å². The Hall–Kier alpha value is -5.81. The van der Waals surface area contributed by atoms with Crippen LogP contribution in [0, 0.1) is 0 Å². The number of fused-ring (bicyclic) bond motifs is 2. The van der Waals surface area contributed by atoms with E-state index in [1.807, 2.05) is 60.7 Å². The molecule has 43 heavy (non-hydrogen) atoms. The van der Waals surface area contributed by atoms with Crippen LogP contribution < -0.4 is 10.1 Å². The van der Waals surface area contributed by atoms with E-state index in [0.717, 1.165) is 44.8 Å². The van der Waals surface area contributed by atoms with Crippen molar-refractivity contribution in [3.63, 3.8) is 0 Å². The summed E-state index contributed by atoms with van der Waals surface area (Å²) >= 11 is 0. The molecule has 1 aliphatic heterocycles. The van der Waals surface area contributed by atoms with Gasteiger partial charge in [0, 0.05) is 16.7 Å². The maximum Gasteiger partial charge on any atom is 0.164 e. The largest absolute Gasteiger partial charge is 0.471 e. The van der Waals surface area contributed by atoms with Crippen LogP contribution in [0.1, 0.15) is 0 Å². The molecule has 1 N–H and O–H groups in total. The maximum absolute atomic E-state index is 5.69. The molecule has 8 rings (SSSR count). The van der Waals surface area contributed by atoms with Gasteiger partial charge in [-0.05, 0) is 45.2 Å². The van der Waals surface area contributed by atoms with E-state index in [4.69, 9.17) is 19.7 Å². The van der Waals surface area contributed by atoms with E-state index in [9.17, 15) is 0 Å². The van der Waals surface area contributed by atoms with Crippen LogP contribution in [0.2, 0.25) is 0 Å². The van der Waals surface area contributed by atoms with Crippen molar-refractivity contribution in [1.29, 1.82) is 0 Å². The van der Waals surface area contributed by atoms with Crippen molar-refractivity contribution >= 4 is 16.5 Å². The first-order chi connectivity index (χ1) is 21.3. The molecule has 0 spiro atoms. The third-order valence-electron chi connectivity index (χ3n) is 7.84. The van der Waals surface area contributed by atoms with Gasteiger partial charge in [0.15, 0.2) is 24.2 Å².